The van der Waals surface area contributed by atoms with Crippen molar-refractivity contribution in [3.63, 3.8) is 0 Å². The number of halogens is 3. The molecular weight excluding hydrogens is 507 g/mol. The van der Waals surface area contributed by atoms with E-state index in [1.807, 2.05) is 45.9 Å². The summed E-state index contributed by atoms with van der Waals surface area (Å²) in [7, 11) is 1.72. The summed E-state index contributed by atoms with van der Waals surface area (Å²) < 4.78 is 42.2. The van der Waals surface area contributed by atoms with Crippen LogP contribution in [0.2, 0.25) is 0 Å². The van der Waals surface area contributed by atoms with Crippen LogP contribution in [0.3, 0.4) is 0 Å². The van der Waals surface area contributed by atoms with E-state index in [0.717, 1.165) is 28.0 Å². The number of anilines is 1. The molecule has 0 saturated heterocycles. The monoisotopic (exact) mass is 543 g/mol. The summed E-state index contributed by atoms with van der Waals surface area (Å²) in [5, 5.41) is 6.56. The Kier molecular flexibility index (Phi) is 11.1. The lowest BCUT2D eigenvalue weighted by Gasteiger charge is -2.14. The van der Waals surface area contributed by atoms with E-state index >= 15 is 0 Å². The minimum absolute atomic E-state index is 0.0440. The number of carbonyl (C=O) groups is 1. The molecule has 0 atom stereocenters. The van der Waals surface area contributed by atoms with E-state index in [0.29, 0.717) is 18.1 Å². The van der Waals surface area contributed by atoms with Gasteiger partial charge in [-0.05, 0) is 57.2 Å². The molecule has 10 heteroatoms. The lowest BCUT2D eigenvalue weighted by molar-refractivity contribution is -0.165. The number of nitrogens with one attached hydrogen (secondary N) is 1. The van der Waals surface area contributed by atoms with Crippen LogP contribution in [0.4, 0.5) is 19.1 Å². The van der Waals surface area contributed by atoms with Gasteiger partial charge in [0.1, 0.15) is 11.2 Å². The number of carbonyl (C=O) groups excluding carboxylic acids is 1. The van der Waals surface area contributed by atoms with Crippen molar-refractivity contribution in [3.05, 3.63) is 71.0 Å². The summed E-state index contributed by atoms with van der Waals surface area (Å²) >= 11 is 0. The average molecular weight is 544 g/mol. The SMILES string of the molecule is C/C=C(\C=NC)Nc1ncc(-c2ccc(CC(C)=O)c(C)c2)cn1.CC.Cc1cc(C2(C(F)(F)F)CC2)on1. The van der Waals surface area contributed by atoms with Gasteiger partial charge >= 0.3 is 6.18 Å². The minimum atomic E-state index is -4.21. The predicted molar refractivity (Wildman–Crippen MR) is 148 cm³/mol. The highest BCUT2D eigenvalue weighted by Crippen LogP contribution is 2.58. The Morgan fingerprint density at radius 2 is 1.77 bits per heavy atom. The molecule has 0 unspecified atom stereocenters. The highest BCUT2D eigenvalue weighted by atomic mass is 19.4. The van der Waals surface area contributed by atoms with Crippen LogP contribution in [-0.4, -0.2) is 40.3 Å². The molecule has 0 bridgehead atoms. The van der Waals surface area contributed by atoms with Gasteiger partial charge in [-0.15, -0.1) is 0 Å². The lowest BCUT2D eigenvalue weighted by atomic mass is 9.99. The van der Waals surface area contributed by atoms with Crippen LogP contribution in [0.5, 0.6) is 0 Å². The fraction of sp³-hybridized carbons (Fsp3) is 0.414. The summed E-state index contributed by atoms with van der Waals surface area (Å²) in [6.07, 6.45) is 3.68. The van der Waals surface area contributed by atoms with Gasteiger partial charge in [-0.1, -0.05) is 43.3 Å². The van der Waals surface area contributed by atoms with E-state index in [9.17, 15) is 18.0 Å². The zero-order valence-corrected chi connectivity index (χ0v) is 23.5. The van der Waals surface area contributed by atoms with Crippen LogP contribution in [0, 0.1) is 13.8 Å². The molecule has 0 amide bonds. The molecule has 3 aromatic rings. The molecule has 39 heavy (non-hydrogen) atoms. The summed E-state index contributed by atoms with van der Waals surface area (Å²) in [5.41, 5.74) is 3.73. The van der Waals surface area contributed by atoms with Crippen LogP contribution in [-0.2, 0) is 16.6 Å². The third-order valence-corrected chi connectivity index (χ3v) is 5.99. The molecule has 2 heterocycles. The first-order chi connectivity index (χ1) is 18.5. The Morgan fingerprint density at radius 1 is 1.13 bits per heavy atom. The molecule has 1 saturated carbocycles. The van der Waals surface area contributed by atoms with Crippen LogP contribution in [0.1, 0.15) is 63.1 Å². The number of hydrogen-bond donors (Lipinski definition) is 1. The number of Topliss-reactive ketones (excluding diaryl/α,β-unsaturated/α-hetero) is 1. The number of alkyl halides is 3. The fourth-order valence-electron chi connectivity index (χ4n) is 3.71. The van der Waals surface area contributed by atoms with Crippen molar-refractivity contribution in [2.24, 2.45) is 4.99 Å². The van der Waals surface area contributed by atoms with Gasteiger partial charge in [-0.3, -0.25) is 9.79 Å². The largest absolute Gasteiger partial charge is 0.401 e. The van der Waals surface area contributed by atoms with Crippen LogP contribution in [0.15, 0.2) is 57.9 Å². The standard InChI is InChI=1S/C19H22N4O.C8H8F3NO.C2H6/c1-5-18(12-20-4)23-19-21-10-17(11-22-19)16-7-6-15(9-14(3)24)13(2)8-16;1-5-4-6(13-12-5)7(2-3-7)8(9,10)11;1-2/h5-8,10-12H,9H2,1-4H3,(H,21,22,23);4H,2-3H2,1H3;1-2H3/b18-5+,20-12?;;. The van der Waals surface area contributed by atoms with Crippen molar-refractivity contribution in [2.45, 2.75) is 72.4 Å². The summed E-state index contributed by atoms with van der Waals surface area (Å²) in [5.74, 6) is 0.647. The van der Waals surface area contributed by atoms with Gasteiger partial charge in [0, 0.05) is 43.7 Å². The summed E-state index contributed by atoms with van der Waals surface area (Å²) in [6, 6.07) is 7.41. The maximum absolute atomic E-state index is 12.5. The highest BCUT2D eigenvalue weighted by Gasteiger charge is 2.66. The van der Waals surface area contributed by atoms with E-state index in [2.05, 4.69) is 36.0 Å². The number of benzene rings is 1. The van der Waals surface area contributed by atoms with Crippen LogP contribution < -0.4 is 5.32 Å². The molecule has 7 nitrogen and oxygen atoms in total. The normalized spacial score (nSPS) is 14.2. The minimum Gasteiger partial charge on any atom is -0.360 e. The van der Waals surface area contributed by atoms with Crippen molar-refractivity contribution in [2.75, 3.05) is 12.4 Å². The molecule has 1 fully saturated rings. The van der Waals surface area contributed by atoms with E-state index in [1.54, 1.807) is 39.5 Å². The van der Waals surface area contributed by atoms with E-state index in [4.69, 9.17) is 0 Å². The van der Waals surface area contributed by atoms with Crippen LogP contribution >= 0.6 is 0 Å². The Labute approximate surface area is 227 Å². The number of nitrogens with zero attached hydrogens (tertiary/aromatic N) is 4. The Morgan fingerprint density at radius 3 is 2.21 bits per heavy atom. The number of aromatic nitrogens is 3. The van der Waals surface area contributed by atoms with Gasteiger partial charge in [-0.25, -0.2) is 9.97 Å². The number of rotatable bonds is 7. The highest BCUT2D eigenvalue weighted by molar-refractivity contribution is 5.82. The van der Waals surface area contributed by atoms with Gasteiger partial charge in [0.15, 0.2) is 5.76 Å². The van der Waals surface area contributed by atoms with Crippen LogP contribution in [0.25, 0.3) is 11.1 Å². The smallest absolute Gasteiger partial charge is 0.360 e. The van der Waals surface area contributed by atoms with Gasteiger partial charge in [0.05, 0.1) is 11.4 Å². The number of hydrogen-bond acceptors (Lipinski definition) is 7. The number of aryl methyl sites for hydroxylation is 2. The van der Waals surface area contributed by atoms with Crippen molar-refractivity contribution in [3.8, 4) is 11.1 Å². The summed E-state index contributed by atoms with van der Waals surface area (Å²) in [4.78, 5) is 23.9. The molecule has 4 rings (SSSR count). The molecule has 1 aliphatic rings. The quantitative estimate of drug-likeness (QED) is 0.317. The molecule has 2 aromatic heterocycles. The lowest BCUT2D eigenvalue weighted by Crippen LogP contribution is -2.28. The van der Waals surface area contributed by atoms with Gasteiger partial charge in [0.2, 0.25) is 5.95 Å². The van der Waals surface area contributed by atoms with Gasteiger partial charge < -0.3 is 9.84 Å². The second-order valence-electron chi connectivity index (χ2n) is 8.98. The molecular formula is C29H36F3N5O2. The molecule has 1 N–H and O–H groups in total. The molecule has 210 valence electrons. The zero-order chi connectivity index (χ0) is 29.2. The Balaban J connectivity index is 0.000000298. The third kappa shape index (κ3) is 8.33. The third-order valence-electron chi connectivity index (χ3n) is 5.99. The first kappa shape index (κ1) is 31.4. The topological polar surface area (TPSA) is 93.3 Å². The first-order valence-electron chi connectivity index (χ1n) is 12.8. The molecule has 1 aromatic carbocycles. The second-order valence-corrected chi connectivity index (χ2v) is 8.98. The van der Waals surface area contributed by atoms with E-state index in [-0.39, 0.29) is 24.4 Å². The molecule has 1 aliphatic carbocycles. The fourth-order valence-corrected chi connectivity index (χ4v) is 3.71. The number of allylic oxidation sites excluding steroid dienone is 2. The first-order valence-corrected chi connectivity index (χ1v) is 12.8. The van der Waals surface area contributed by atoms with Crippen molar-refractivity contribution >= 4 is 17.9 Å². The predicted octanol–water partition coefficient (Wildman–Crippen LogP) is 7.20. The summed E-state index contributed by atoms with van der Waals surface area (Å²) in [6.45, 7) is 11.2. The molecule has 0 spiro atoms. The maximum atomic E-state index is 12.5. The number of ketones is 1. The Bertz CT molecular complexity index is 1290. The van der Waals surface area contributed by atoms with E-state index in [1.165, 1.54) is 6.07 Å². The number of aliphatic imine (C=N–C) groups is 1. The van der Waals surface area contributed by atoms with Gasteiger partial charge in [0.25, 0.3) is 0 Å². The molecule has 0 radical (unpaired) electrons. The molecule has 0 aliphatic heterocycles. The van der Waals surface area contributed by atoms with E-state index < -0.39 is 11.6 Å². The zero-order valence-electron chi connectivity index (χ0n) is 23.5. The van der Waals surface area contributed by atoms with Crippen molar-refractivity contribution < 1.29 is 22.5 Å². The van der Waals surface area contributed by atoms with Crippen molar-refractivity contribution in [1.82, 2.24) is 15.1 Å². The second kappa shape index (κ2) is 13.8. The average Bonchev–Trinajstić information content (AvgIpc) is 3.62. The maximum Gasteiger partial charge on any atom is 0.401 e. The van der Waals surface area contributed by atoms with Crippen molar-refractivity contribution in [1.29, 1.82) is 0 Å². The van der Waals surface area contributed by atoms with Gasteiger partial charge in [-0.2, -0.15) is 13.2 Å². The Hall–Kier alpha value is -3.82.